The molecule has 0 saturated heterocycles. The van der Waals surface area contributed by atoms with Gasteiger partial charge in [0.2, 0.25) is 0 Å². The Morgan fingerprint density at radius 3 is 2.42 bits per heavy atom. The molecule has 0 aromatic carbocycles. The summed E-state index contributed by atoms with van der Waals surface area (Å²) >= 11 is 0. The highest BCUT2D eigenvalue weighted by Crippen LogP contribution is 2.02. The van der Waals surface area contributed by atoms with Crippen molar-refractivity contribution in [2.45, 2.75) is 45.4 Å². The van der Waals surface area contributed by atoms with Crippen molar-refractivity contribution < 1.29 is 0 Å². The summed E-state index contributed by atoms with van der Waals surface area (Å²) in [5.41, 5.74) is 0. The summed E-state index contributed by atoms with van der Waals surface area (Å²) < 4.78 is 0. The van der Waals surface area contributed by atoms with E-state index in [4.69, 9.17) is 0 Å². The van der Waals surface area contributed by atoms with Gasteiger partial charge in [-0.15, -0.1) is 0 Å². The molecule has 0 aliphatic heterocycles. The van der Waals surface area contributed by atoms with Gasteiger partial charge >= 0.3 is 0 Å². The molecule has 0 heteroatoms. The SMILES string of the molecule is [CH2]C/C=C/C=C/CCCCCC. The van der Waals surface area contributed by atoms with Crippen molar-refractivity contribution >= 4 is 0 Å². The third-order valence-corrected chi connectivity index (χ3v) is 1.77. The van der Waals surface area contributed by atoms with E-state index in [9.17, 15) is 0 Å². The molecule has 0 heterocycles. The van der Waals surface area contributed by atoms with Gasteiger partial charge in [0.15, 0.2) is 0 Å². The van der Waals surface area contributed by atoms with E-state index in [0.717, 1.165) is 6.42 Å². The molecule has 0 nitrogen and oxygen atoms in total. The van der Waals surface area contributed by atoms with Crippen molar-refractivity contribution in [2.24, 2.45) is 0 Å². The van der Waals surface area contributed by atoms with E-state index >= 15 is 0 Å². The Balaban J connectivity index is 3.07. The fourth-order valence-corrected chi connectivity index (χ4v) is 1.04. The first kappa shape index (κ1) is 11.5. The van der Waals surface area contributed by atoms with Crippen LogP contribution in [0.25, 0.3) is 0 Å². The second-order valence-corrected chi connectivity index (χ2v) is 2.99. The molecule has 0 spiro atoms. The fraction of sp³-hybridized carbons (Fsp3) is 0.583. The summed E-state index contributed by atoms with van der Waals surface area (Å²) in [6.45, 7) is 5.97. The van der Waals surface area contributed by atoms with Crippen LogP contribution in [0.4, 0.5) is 0 Å². The Labute approximate surface area is 77.4 Å². The molecule has 1 radical (unpaired) electrons. The van der Waals surface area contributed by atoms with Crippen LogP contribution in [0.1, 0.15) is 45.4 Å². The van der Waals surface area contributed by atoms with E-state index in [0.29, 0.717) is 0 Å². The molecule has 0 bridgehead atoms. The zero-order chi connectivity index (χ0) is 9.07. The molecule has 0 N–H and O–H groups in total. The highest BCUT2D eigenvalue weighted by molar-refractivity contribution is 5.02. The lowest BCUT2D eigenvalue weighted by Gasteiger charge is -1.92. The minimum atomic E-state index is 0.889. The smallest absolute Gasteiger partial charge is 0.0347 e. The zero-order valence-electron chi connectivity index (χ0n) is 8.26. The third kappa shape index (κ3) is 9.48. The molecule has 0 aliphatic carbocycles. The summed E-state index contributed by atoms with van der Waals surface area (Å²) in [4.78, 5) is 0. The third-order valence-electron chi connectivity index (χ3n) is 1.77. The van der Waals surface area contributed by atoms with Gasteiger partial charge in [-0.1, -0.05) is 50.5 Å². The molecule has 0 aliphatic rings. The molecule has 0 rings (SSSR count). The van der Waals surface area contributed by atoms with Crippen LogP contribution in [0, 0.1) is 6.92 Å². The average molecular weight is 165 g/mol. The normalized spacial score (nSPS) is 11.8. The zero-order valence-corrected chi connectivity index (χ0v) is 8.26. The summed E-state index contributed by atoms with van der Waals surface area (Å²) in [5.74, 6) is 0. The van der Waals surface area contributed by atoms with Crippen LogP contribution in [-0.2, 0) is 0 Å². The lowest BCUT2D eigenvalue weighted by Crippen LogP contribution is -1.72. The van der Waals surface area contributed by atoms with Crippen LogP contribution >= 0.6 is 0 Å². The monoisotopic (exact) mass is 165 g/mol. The predicted molar refractivity (Wildman–Crippen MR) is 57.0 cm³/mol. The molecule has 0 saturated carbocycles. The van der Waals surface area contributed by atoms with Crippen LogP contribution < -0.4 is 0 Å². The van der Waals surface area contributed by atoms with Gasteiger partial charge < -0.3 is 0 Å². The maximum absolute atomic E-state index is 3.72. The quantitative estimate of drug-likeness (QED) is 0.390. The van der Waals surface area contributed by atoms with E-state index in [1.165, 1.54) is 32.1 Å². The molecule has 0 unspecified atom stereocenters. The summed E-state index contributed by atoms with van der Waals surface area (Å²) in [7, 11) is 0. The molecule has 0 amide bonds. The van der Waals surface area contributed by atoms with Crippen molar-refractivity contribution in [1.82, 2.24) is 0 Å². The first-order valence-corrected chi connectivity index (χ1v) is 5.02. The van der Waals surface area contributed by atoms with Crippen LogP contribution in [0.2, 0.25) is 0 Å². The van der Waals surface area contributed by atoms with Crippen molar-refractivity contribution in [3.8, 4) is 0 Å². The Bertz CT molecular complexity index is 120. The highest BCUT2D eigenvalue weighted by atomic mass is 13.9. The van der Waals surface area contributed by atoms with Gasteiger partial charge in [-0.2, -0.15) is 0 Å². The molecule has 69 valence electrons. The Hall–Kier alpha value is -0.520. The number of hydrogen-bond acceptors (Lipinski definition) is 0. The molecule has 0 fully saturated rings. The van der Waals surface area contributed by atoms with Crippen LogP contribution in [0.5, 0.6) is 0 Å². The Kier molecular flexibility index (Phi) is 10.0. The van der Waals surface area contributed by atoms with Crippen LogP contribution in [-0.4, -0.2) is 0 Å². The number of rotatable bonds is 7. The highest BCUT2D eigenvalue weighted by Gasteiger charge is 1.82. The van der Waals surface area contributed by atoms with Crippen LogP contribution in [0.3, 0.4) is 0 Å². The van der Waals surface area contributed by atoms with E-state index in [2.05, 4.69) is 38.2 Å². The maximum Gasteiger partial charge on any atom is -0.0347 e. The van der Waals surface area contributed by atoms with Crippen molar-refractivity contribution in [3.63, 3.8) is 0 Å². The van der Waals surface area contributed by atoms with Crippen molar-refractivity contribution in [2.75, 3.05) is 0 Å². The van der Waals surface area contributed by atoms with Gasteiger partial charge in [-0.3, -0.25) is 0 Å². The van der Waals surface area contributed by atoms with Gasteiger partial charge in [-0.25, -0.2) is 0 Å². The van der Waals surface area contributed by atoms with Crippen molar-refractivity contribution in [3.05, 3.63) is 31.2 Å². The topological polar surface area (TPSA) is 0 Å². The lowest BCUT2D eigenvalue weighted by atomic mass is 10.1. The Morgan fingerprint density at radius 2 is 1.75 bits per heavy atom. The summed E-state index contributed by atoms with van der Waals surface area (Å²) in [5, 5.41) is 0. The summed E-state index contributed by atoms with van der Waals surface area (Å²) in [6.07, 6.45) is 16.0. The van der Waals surface area contributed by atoms with E-state index < -0.39 is 0 Å². The predicted octanol–water partition coefficient (Wildman–Crippen LogP) is 4.29. The Morgan fingerprint density at radius 1 is 1.00 bits per heavy atom. The fourth-order valence-electron chi connectivity index (χ4n) is 1.04. The molecule has 0 aromatic rings. The second kappa shape index (κ2) is 10.5. The minimum Gasteiger partial charge on any atom is -0.0845 e. The molecular formula is C12H21. The first-order chi connectivity index (χ1) is 5.91. The van der Waals surface area contributed by atoms with E-state index in [1.807, 2.05) is 0 Å². The first-order valence-electron chi connectivity index (χ1n) is 5.02. The standard InChI is InChI=1S/C12H21/c1-3-5-7-9-11-12-10-8-6-4-2/h5,7,9,11H,1,3-4,6,8,10,12H2,2H3/b7-5+,11-9+. The molecule has 12 heavy (non-hydrogen) atoms. The second-order valence-electron chi connectivity index (χ2n) is 2.99. The van der Waals surface area contributed by atoms with Gasteiger partial charge in [0.05, 0.1) is 0 Å². The van der Waals surface area contributed by atoms with E-state index in [-0.39, 0.29) is 0 Å². The van der Waals surface area contributed by atoms with Gasteiger partial charge in [0.1, 0.15) is 0 Å². The number of hydrogen-bond donors (Lipinski definition) is 0. The molecule has 0 aromatic heterocycles. The van der Waals surface area contributed by atoms with Crippen molar-refractivity contribution in [1.29, 1.82) is 0 Å². The van der Waals surface area contributed by atoms with E-state index in [1.54, 1.807) is 0 Å². The minimum absolute atomic E-state index is 0.889. The number of allylic oxidation sites excluding steroid dienone is 4. The summed E-state index contributed by atoms with van der Waals surface area (Å²) in [6, 6.07) is 0. The largest absolute Gasteiger partial charge is 0.0845 e. The van der Waals surface area contributed by atoms with Gasteiger partial charge in [0, 0.05) is 0 Å². The average Bonchev–Trinajstić information content (AvgIpc) is 2.10. The lowest BCUT2D eigenvalue weighted by molar-refractivity contribution is 0.674. The van der Waals surface area contributed by atoms with Gasteiger partial charge in [-0.05, 0) is 26.2 Å². The maximum atomic E-state index is 3.72. The molecular weight excluding hydrogens is 144 g/mol. The van der Waals surface area contributed by atoms with Gasteiger partial charge in [0.25, 0.3) is 0 Å². The van der Waals surface area contributed by atoms with Crippen LogP contribution in [0.15, 0.2) is 24.3 Å². The number of unbranched alkanes of at least 4 members (excludes halogenated alkanes) is 4. The molecule has 0 atom stereocenters.